The van der Waals surface area contributed by atoms with Crippen molar-refractivity contribution in [2.75, 3.05) is 18.0 Å². The van der Waals surface area contributed by atoms with Gasteiger partial charge in [0.2, 0.25) is 15.9 Å². The van der Waals surface area contributed by atoms with Gasteiger partial charge < -0.3 is 4.90 Å². The number of amides is 1. The van der Waals surface area contributed by atoms with Gasteiger partial charge in [-0.05, 0) is 55.3 Å². The van der Waals surface area contributed by atoms with E-state index in [2.05, 4.69) is 4.72 Å². The molecule has 0 fully saturated rings. The normalized spacial score (nSPS) is 11.4. The van der Waals surface area contributed by atoms with Crippen LogP contribution in [0.5, 0.6) is 0 Å². The lowest BCUT2D eigenvalue weighted by Crippen LogP contribution is -2.38. The second-order valence-electron chi connectivity index (χ2n) is 5.86. The smallest absolute Gasteiger partial charge is 0.240 e. The highest BCUT2D eigenvalue weighted by atomic mass is 35.5. The summed E-state index contributed by atoms with van der Waals surface area (Å²) in [5.74, 6) is -0.699. The van der Waals surface area contributed by atoms with E-state index in [0.29, 0.717) is 10.7 Å². The topological polar surface area (TPSA) is 66.5 Å². The Labute approximate surface area is 157 Å². The number of sulfonamides is 1. The number of carbonyl (C=O) groups excluding carboxylic acids is 1. The van der Waals surface area contributed by atoms with Crippen molar-refractivity contribution in [2.24, 2.45) is 0 Å². The highest BCUT2D eigenvalue weighted by Crippen LogP contribution is 2.26. The summed E-state index contributed by atoms with van der Waals surface area (Å²) in [6.45, 7) is 4.82. The van der Waals surface area contributed by atoms with Crippen molar-refractivity contribution in [1.29, 1.82) is 0 Å². The number of halogens is 2. The number of benzene rings is 2. The molecule has 0 unspecified atom stereocenters. The highest BCUT2D eigenvalue weighted by Gasteiger charge is 2.18. The Morgan fingerprint density at radius 1 is 1.23 bits per heavy atom. The third kappa shape index (κ3) is 4.60. The summed E-state index contributed by atoms with van der Waals surface area (Å²) < 4.78 is 40.4. The number of rotatable bonds is 6. The van der Waals surface area contributed by atoms with Crippen LogP contribution in [0.2, 0.25) is 5.02 Å². The van der Waals surface area contributed by atoms with Gasteiger partial charge in [0.1, 0.15) is 5.82 Å². The monoisotopic (exact) mass is 398 g/mol. The number of hydrogen-bond acceptors (Lipinski definition) is 3. The van der Waals surface area contributed by atoms with E-state index in [1.54, 1.807) is 25.1 Å². The summed E-state index contributed by atoms with van der Waals surface area (Å²) >= 11 is 6.10. The van der Waals surface area contributed by atoms with Crippen LogP contribution < -0.4 is 9.62 Å². The Morgan fingerprint density at radius 2 is 1.92 bits per heavy atom. The molecule has 8 heteroatoms. The molecule has 1 N–H and O–H groups in total. The van der Waals surface area contributed by atoms with Crippen molar-refractivity contribution in [3.05, 3.63) is 58.4 Å². The average molecular weight is 399 g/mol. The molecule has 0 spiro atoms. The summed E-state index contributed by atoms with van der Waals surface area (Å²) in [5.41, 5.74) is 1.61. The maximum Gasteiger partial charge on any atom is 0.240 e. The van der Waals surface area contributed by atoms with E-state index < -0.39 is 15.8 Å². The SMILES string of the molecule is CC(=O)N(CCNS(=O)(=O)c1ccc(F)c(C)c1)c1cccc(Cl)c1C. The molecule has 2 rings (SSSR count). The minimum atomic E-state index is -3.80. The van der Waals surface area contributed by atoms with E-state index in [-0.39, 0.29) is 29.5 Å². The van der Waals surface area contributed by atoms with Crippen LogP contribution >= 0.6 is 11.6 Å². The molecule has 0 atom stereocenters. The summed E-state index contributed by atoms with van der Waals surface area (Å²) in [5, 5.41) is 0.524. The van der Waals surface area contributed by atoms with Crippen LogP contribution in [-0.4, -0.2) is 27.4 Å². The van der Waals surface area contributed by atoms with Crippen LogP contribution in [0.4, 0.5) is 10.1 Å². The van der Waals surface area contributed by atoms with Gasteiger partial charge in [-0.1, -0.05) is 17.7 Å². The fraction of sp³-hybridized carbons (Fsp3) is 0.278. The first-order valence-electron chi connectivity index (χ1n) is 7.92. The number of hydrogen-bond donors (Lipinski definition) is 1. The summed E-state index contributed by atoms with van der Waals surface area (Å²) in [4.78, 5) is 13.4. The average Bonchev–Trinajstić information content (AvgIpc) is 2.57. The lowest BCUT2D eigenvalue weighted by molar-refractivity contribution is -0.116. The molecular formula is C18H20ClFN2O3S. The largest absolute Gasteiger partial charge is 0.311 e. The van der Waals surface area contributed by atoms with Gasteiger partial charge in [0.25, 0.3) is 0 Å². The molecule has 0 saturated carbocycles. The van der Waals surface area contributed by atoms with Gasteiger partial charge >= 0.3 is 0 Å². The highest BCUT2D eigenvalue weighted by molar-refractivity contribution is 7.89. The van der Waals surface area contributed by atoms with Gasteiger partial charge in [0.15, 0.2) is 0 Å². The van der Waals surface area contributed by atoms with Crippen molar-refractivity contribution in [2.45, 2.75) is 25.7 Å². The van der Waals surface area contributed by atoms with Crippen LogP contribution in [0.15, 0.2) is 41.3 Å². The molecule has 0 aliphatic rings. The van der Waals surface area contributed by atoms with Crippen LogP contribution in [0, 0.1) is 19.7 Å². The van der Waals surface area contributed by atoms with Gasteiger partial charge in [-0.15, -0.1) is 0 Å². The zero-order chi connectivity index (χ0) is 19.5. The van der Waals surface area contributed by atoms with E-state index in [0.717, 1.165) is 11.6 Å². The minimum Gasteiger partial charge on any atom is -0.311 e. The van der Waals surface area contributed by atoms with E-state index in [1.165, 1.54) is 30.9 Å². The van der Waals surface area contributed by atoms with Crippen LogP contribution in [0.1, 0.15) is 18.1 Å². The van der Waals surface area contributed by atoms with Crippen LogP contribution in [0.25, 0.3) is 0 Å². The minimum absolute atomic E-state index is 0.00426. The van der Waals surface area contributed by atoms with Crippen LogP contribution in [0.3, 0.4) is 0 Å². The van der Waals surface area contributed by atoms with Gasteiger partial charge in [0, 0.05) is 30.7 Å². The fourth-order valence-corrected chi connectivity index (χ4v) is 3.77. The van der Waals surface area contributed by atoms with Crippen molar-refractivity contribution in [1.82, 2.24) is 4.72 Å². The van der Waals surface area contributed by atoms with E-state index in [4.69, 9.17) is 11.6 Å². The predicted molar refractivity (Wildman–Crippen MR) is 101 cm³/mol. The first kappa shape index (κ1) is 20.4. The lowest BCUT2D eigenvalue weighted by atomic mass is 10.1. The van der Waals surface area contributed by atoms with Crippen molar-refractivity contribution in [3.8, 4) is 0 Å². The third-order valence-electron chi connectivity index (χ3n) is 3.98. The maximum atomic E-state index is 13.3. The number of nitrogens with zero attached hydrogens (tertiary/aromatic N) is 1. The molecule has 0 aliphatic carbocycles. The molecular weight excluding hydrogens is 379 g/mol. The quantitative estimate of drug-likeness (QED) is 0.810. The molecule has 5 nitrogen and oxygen atoms in total. The molecule has 2 aromatic carbocycles. The van der Waals surface area contributed by atoms with E-state index in [9.17, 15) is 17.6 Å². The molecule has 0 saturated heterocycles. The van der Waals surface area contributed by atoms with Gasteiger partial charge in [-0.2, -0.15) is 0 Å². The van der Waals surface area contributed by atoms with Crippen molar-refractivity contribution < 1.29 is 17.6 Å². The third-order valence-corrected chi connectivity index (χ3v) is 5.85. The molecule has 0 bridgehead atoms. The van der Waals surface area contributed by atoms with Gasteiger partial charge in [-0.25, -0.2) is 17.5 Å². The molecule has 2 aromatic rings. The van der Waals surface area contributed by atoms with Gasteiger partial charge in [0.05, 0.1) is 4.90 Å². The number of anilines is 1. The Bertz CT molecular complexity index is 932. The summed E-state index contributed by atoms with van der Waals surface area (Å²) in [7, 11) is -3.80. The molecule has 26 heavy (non-hydrogen) atoms. The number of carbonyl (C=O) groups is 1. The molecule has 0 radical (unpaired) electrons. The van der Waals surface area contributed by atoms with E-state index in [1.807, 2.05) is 0 Å². The Balaban J connectivity index is 2.13. The maximum absolute atomic E-state index is 13.3. The molecule has 0 heterocycles. The summed E-state index contributed by atoms with van der Waals surface area (Å²) in [6.07, 6.45) is 0. The van der Waals surface area contributed by atoms with Crippen LogP contribution in [-0.2, 0) is 14.8 Å². The second-order valence-corrected chi connectivity index (χ2v) is 8.04. The second kappa shape index (κ2) is 8.16. The first-order chi connectivity index (χ1) is 12.1. The first-order valence-corrected chi connectivity index (χ1v) is 9.78. The molecule has 0 aromatic heterocycles. The Morgan fingerprint density at radius 3 is 2.54 bits per heavy atom. The van der Waals surface area contributed by atoms with Crippen molar-refractivity contribution in [3.63, 3.8) is 0 Å². The summed E-state index contributed by atoms with van der Waals surface area (Å²) in [6, 6.07) is 8.78. The standard InChI is InChI=1S/C18H20ClFN2O3S/c1-12-11-15(7-8-17(12)20)26(24,25)21-9-10-22(14(3)23)18-6-4-5-16(19)13(18)2/h4-8,11,21H,9-10H2,1-3H3. The molecule has 0 aliphatic heterocycles. The Hall–Kier alpha value is -1.96. The molecule has 140 valence electrons. The zero-order valence-corrected chi connectivity index (χ0v) is 16.3. The zero-order valence-electron chi connectivity index (χ0n) is 14.7. The Kier molecular flexibility index (Phi) is 6.39. The van der Waals surface area contributed by atoms with E-state index >= 15 is 0 Å². The number of aryl methyl sites for hydroxylation is 1. The molecule has 1 amide bonds. The van der Waals surface area contributed by atoms with Gasteiger partial charge in [-0.3, -0.25) is 4.79 Å². The fourth-order valence-electron chi connectivity index (χ4n) is 2.50. The number of nitrogens with one attached hydrogen (secondary N) is 1. The lowest BCUT2D eigenvalue weighted by Gasteiger charge is -2.23. The van der Waals surface area contributed by atoms with Crippen molar-refractivity contribution >= 4 is 33.2 Å². The predicted octanol–water partition coefficient (Wildman–Crippen LogP) is 3.43.